The Balaban J connectivity index is 0.000000423. The highest BCUT2D eigenvalue weighted by atomic mass is 19.4. The molecule has 2 aliphatic rings. The van der Waals surface area contributed by atoms with Crippen molar-refractivity contribution < 1.29 is 73.6 Å². The fourth-order valence-corrected chi connectivity index (χ4v) is 5.42. The topological polar surface area (TPSA) is 176 Å². The van der Waals surface area contributed by atoms with Gasteiger partial charge in [0.2, 0.25) is 0 Å². The van der Waals surface area contributed by atoms with Crippen LogP contribution in [0.5, 0.6) is 0 Å². The molecule has 0 unspecified atom stereocenters. The molecular weight excluding hydrogens is 776 g/mol. The number of aromatic nitrogens is 1. The van der Waals surface area contributed by atoms with E-state index in [4.69, 9.17) is 35.0 Å². The number of hydrogen-bond donors (Lipinski definition) is 5. The summed E-state index contributed by atoms with van der Waals surface area (Å²) < 4.78 is 109. The molecule has 0 bridgehead atoms. The number of anilines is 2. The number of carbonyl (C=O) groups is 3. The first-order chi connectivity index (χ1) is 26.0. The standard InChI is InChI=1S/C29H32FN5.3C2HF3O2/c30-24-11-9-22(10-12-24)23-15-16-32-29(18-23)34-28-6-2-1-5-27(28)33-25-4-3-17-35(20-25)26-13-7-21(19-31)8-14-26;3*3-2(4,5)1(6)7/h7-16,18,25,27-28,33H,1-6,17,20H2,(H,32,34);3*(H,6,7)/t25-,27+,28+;;;/m0.../s1. The number of carboxylic acids is 3. The third-order valence-corrected chi connectivity index (χ3v) is 8.00. The molecular formula is C35H35F10N5O6. The molecule has 1 aromatic heterocycles. The van der Waals surface area contributed by atoms with E-state index in [1.54, 1.807) is 0 Å². The van der Waals surface area contributed by atoms with Crippen molar-refractivity contribution in [3.8, 4) is 17.2 Å². The van der Waals surface area contributed by atoms with Crippen molar-refractivity contribution in [2.75, 3.05) is 23.3 Å². The molecule has 306 valence electrons. The van der Waals surface area contributed by atoms with Gasteiger partial charge < -0.3 is 30.9 Å². The Morgan fingerprint density at radius 1 is 0.714 bits per heavy atom. The number of alkyl halides is 9. The van der Waals surface area contributed by atoms with Crippen molar-refractivity contribution in [3.05, 3.63) is 78.2 Å². The molecule has 2 fully saturated rings. The zero-order valence-corrected chi connectivity index (χ0v) is 28.9. The van der Waals surface area contributed by atoms with Gasteiger partial charge in [0, 0.05) is 43.1 Å². The fraction of sp³-hybridized carbons (Fsp3) is 0.400. The smallest absolute Gasteiger partial charge is 0.475 e. The minimum absolute atomic E-state index is 0.224. The first-order valence-electron chi connectivity index (χ1n) is 16.4. The number of aliphatic carboxylic acids is 3. The second kappa shape index (κ2) is 20.9. The van der Waals surface area contributed by atoms with E-state index in [1.165, 1.54) is 37.1 Å². The van der Waals surface area contributed by atoms with E-state index in [2.05, 4.69) is 44.8 Å². The highest BCUT2D eigenvalue weighted by Gasteiger charge is 2.39. The first-order valence-corrected chi connectivity index (χ1v) is 16.4. The summed E-state index contributed by atoms with van der Waals surface area (Å²) in [5.74, 6) is -7.63. The van der Waals surface area contributed by atoms with Crippen LogP contribution in [0.2, 0.25) is 0 Å². The number of benzene rings is 2. The summed E-state index contributed by atoms with van der Waals surface area (Å²) in [4.78, 5) is 33.7. The summed E-state index contributed by atoms with van der Waals surface area (Å²) in [6, 6.07) is 21.9. The van der Waals surface area contributed by atoms with E-state index in [0.29, 0.717) is 23.7 Å². The largest absolute Gasteiger partial charge is 0.490 e. The number of piperidine rings is 1. The summed E-state index contributed by atoms with van der Waals surface area (Å²) in [7, 11) is 0. The van der Waals surface area contributed by atoms with Gasteiger partial charge in [-0.3, -0.25) is 0 Å². The minimum Gasteiger partial charge on any atom is -0.475 e. The van der Waals surface area contributed by atoms with E-state index in [1.807, 2.05) is 36.5 Å². The van der Waals surface area contributed by atoms with Crippen LogP contribution in [-0.2, 0) is 14.4 Å². The predicted octanol–water partition coefficient (Wildman–Crippen LogP) is 7.64. The van der Waals surface area contributed by atoms with E-state index >= 15 is 0 Å². The third kappa shape index (κ3) is 16.4. The van der Waals surface area contributed by atoms with Crippen LogP contribution in [0, 0.1) is 17.1 Å². The van der Waals surface area contributed by atoms with Crippen molar-refractivity contribution in [1.82, 2.24) is 10.3 Å². The number of nitriles is 1. The molecule has 5 N–H and O–H groups in total. The summed E-state index contributed by atoms with van der Waals surface area (Å²) in [5, 5.41) is 38.1. The van der Waals surface area contributed by atoms with Crippen LogP contribution in [0.1, 0.15) is 44.1 Å². The molecule has 0 spiro atoms. The van der Waals surface area contributed by atoms with Gasteiger partial charge in [0.15, 0.2) is 0 Å². The van der Waals surface area contributed by atoms with Crippen LogP contribution in [0.15, 0.2) is 66.9 Å². The lowest BCUT2D eigenvalue weighted by molar-refractivity contribution is -0.193. The van der Waals surface area contributed by atoms with Gasteiger partial charge in [-0.25, -0.2) is 23.8 Å². The molecule has 11 nitrogen and oxygen atoms in total. The summed E-state index contributed by atoms with van der Waals surface area (Å²) in [6.07, 6.45) is -6.36. The fourth-order valence-electron chi connectivity index (χ4n) is 5.42. The van der Waals surface area contributed by atoms with E-state index in [9.17, 15) is 43.9 Å². The molecule has 2 aromatic carbocycles. The molecule has 1 saturated carbocycles. The molecule has 3 atom stereocenters. The Kier molecular flexibility index (Phi) is 17.3. The number of nitrogens with zero attached hydrogens (tertiary/aromatic N) is 3. The maximum absolute atomic E-state index is 13.3. The minimum atomic E-state index is -5.08. The zero-order valence-electron chi connectivity index (χ0n) is 28.9. The number of pyridine rings is 1. The summed E-state index contributed by atoms with van der Waals surface area (Å²) in [6.45, 7) is 2.03. The average molecular weight is 812 g/mol. The van der Waals surface area contributed by atoms with Crippen LogP contribution in [0.3, 0.4) is 0 Å². The lowest BCUT2D eigenvalue weighted by atomic mass is 9.89. The average Bonchev–Trinajstić information content (AvgIpc) is 3.13. The van der Waals surface area contributed by atoms with Crippen LogP contribution in [0.4, 0.5) is 55.4 Å². The lowest BCUT2D eigenvalue weighted by Crippen LogP contribution is -2.54. The molecule has 1 aliphatic carbocycles. The molecule has 0 amide bonds. The number of carboxylic acid groups (broad SMARTS) is 3. The van der Waals surface area contributed by atoms with Gasteiger partial charge in [0.1, 0.15) is 11.6 Å². The van der Waals surface area contributed by atoms with Crippen molar-refractivity contribution >= 4 is 29.4 Å². The molecule has 56 heavy (non-hydrogen) atoms. The van der Waals surface area contributed by atoms with Crippen LogP contribution < -0.4 is 15.5 Å². The molecule has 0 radical (unpaired) electrons. The van der Waals surface area contributed by atoms with Crippen molar-refractivity contribution in [3.63, 3.8) is 0 Å². The van der Waals surface area contributed by atoms with Gasteiger partial charge in [-0.1, -0.05) is 25.0 Å². The molecule has 5 rings (SSSR count). The quantitative estimate of drug-likeness (QED) is 0.155. The Morgan fingerprint density at radius 2 is 1.21 bits per heavy atom. The van der Waals surface area contributed by atoms with Gasteiger partial charge in [-0.05, 0) is 85.3 Å². The van der Waals surface area contributed by atoms with Gasteiger partial charge in [0.05, 0.1) is 11.6 Å². The number of rotatable bonds is 6. The highest BCUT2D eigenvalue weighted by Crippen LogP contribution is 2.27. The molecule has 2 heterocycles. The predicted molar refractivity (Wildman–Crippen MR) is 180 cm³/mol. The highest BCUT2D eigenvalue weighted by molar-refractivity contribution is 5.73. The normalized spacial score (nSPS) is 18.2. The Bertz CT molecular complexity index is 1710. The number of hydrogen-bond acceptors (Lipinski definition) is 8. The monoisotopic (exact) mass is 811 g/mol. The Hall–Kier alpha value is -5.65. The SMILES string of the molecule is N#Cc1ccc(N2CCC[C@H](N[C@@H]3CCCC[C@H]3Nc3cc(-c4ccc(F)cc4)ccn3)C2)cc1.O=C(O)C(F)(F)F.O=C(O)C(F)(F)F.O=C(O)C(F)(F)F. The van der Waals surface area contributed by atoms with Gasteiger partial charge in [-0.2, -0.15) is 44.8 Å². The summed E-state index contributed by atoms with van der Waals surface area (Å²) >= 11 is 0. The molecule has 3 aromatic rings. The van der Waals surface area contributed by atoms with Gasteiger partial charge in [-0.15, -0.1) is 0 Å². The maximum Gasteiger partial charge on any atom is 0.490 e. The summed E-state index contributed by atoms with van der Waals surface area (Å²) in [5.41, 5.74) is 3.91. The Morgan fingerprint density at radius 3 is 1.70 bits per heavy atom. The van der Waals surface area contributed by atoms with E-state index in [-0.39, 0.29) is 5.82 Å². The van der Waals surface area contributed by atoms with Crippen molar-refractivity contribution in [1.29, 1.82) is 5.26 Å². The van der Waals surface area contributed by atoms with E-state index in [0.717, 1.165) is 49.3 Å². The maximum atomic E-state index is 13.3. The van der Waals surface area contributed by atoms with Crippen LogP contribution >= 0.6 is 0 Å². The second-order valence-electron chi connectivity index (χ2n) is 12.1. The molecule has 1 saturated heterocycles. The van der Waals surface area contributed by atoms with Crippen molar-refractivity contribution in [2.24, 2.45) is 0 Å². The Labute approximate surface area is 312 Å². The lowest BCUT2D eigenvalue weighted by Gasteiger charge is -2.40. The zero-order chi connectivity index (χ0) is 42.3. The van der Waals surface area contributed by atoms with Crippen LogP contribution in [-0.4, -0.2) is 88.0 Å². The van der Waals surface area contributed by atoms with Gasteiger partial charge in [0.25, 0.3) is 0 Å². The molecule has 21 heteroatoms. The number of nitrogens with one attached hydrogen (secondary N) is 2. The van der Waals surface area contributed by atoms with E-state index < -0.39 is 36.4 Å². The second-order valence-corrected chi connectivity index (χ2v) is 12.1. The van der Waals surface area contributed by atoms with Gasteiger partial charge >= 0.3 is 36.4 Å². The van der Waals surface area contributed by atoms with Crippen molar-refractivity contribution in [2.45, 2.75) is 75.2 Å². The first kappa shape index (κ1) is 46.5. The third-order valence-electron chi connectivity index (χ3n) is 8.00. The van der Waals surface area contributed by atoms with Crippen LogP contribution in [0.25, 0.3) is 11.1 Å². The molecule has 1 aliphatic heterocycles. The number of halogens is 10.